The molecule has 0 aliphatic heterocycles. The van der Waals surface area contributed by atoms with Crippen molar-refractivity contribution in [3.05, 3.63) is 40.9 Å². The van der Waals surface area contributed by atoms with E-state index in [1.54, 1.807) is 12.1 Å². The van der Waals surface area contributed by atoms with Gasteiger partial charge in [-0.15, -0.1) is 4.91 Å². The number of benzene rings is 1. The molecule has 0 saturated heterocycles. The highest BCUT2D eigenvalue weighted by Gasteiger charge is 2.09. The highest BCUT2D eigenvalue weighted by Crippen LogP contribution is 2.20. The molecule has 4 heteroatoms. The molecular formula is C14H17N3O. The van der Waals surface area contributed by atoms with E-state index in [9.17, 15) is 4.91 Å². The average molecular weight is 243 g/mol. The van der Waals surface area contributed by atoms with Crippen LogP contribution in [0.3, 0.4) is 0 Å². The zero-order valence-corrected chi connectivity index (χ0v) is 10.9. The second kappa shape index (κ2) is 4.82. The summed E-state index contributed by atoms with van der Waals surface area (Å²) in [5.74, 6) is 0. The first-order chi connectivity index (χ1) is 8.48. The van der Waals surface area contributed by atoms with Gasteiger partial charge >= 0.3 is 0 Å². The van der Waals surface area contributed by atoms with Crippen LogP contribution in [0.1, 0.15) is 26.5 Å². The zero-order valence-electron chi connectivity index (χ0n) is 10.9. The van der Waals surface area contributed by atoms with Gasteiger partial charge in [-0.25, -0.2) is 0 Å². The van der Waals surface area contributed by atoms with Crippen LogP contribution in [0.4, 0.5) is 5.69 Å². The minimum atomic E-state index is 0.0714. The molecule has 0 fully saturated rings. The molecule has 0 amide bonds. The number of nitrogens with zero attached hydrogens (tertiary/aromatic N) is 2. The summed E-state index contributed by atoms with van der Waals surface area (Å²) in [4.78, 5) is 15.0. The van der Waals surface area contributed by atoms with Gasteiger partial charge < -0.3 is 5.32 Å². The lowest BCUT2D eigenvalue weighted by Crippen LogP contribution is -2.35. The summed E-state index contributed by atoms with van der Waals surface area (Å²) in [5, 5.41) is 7.25. The summed E-state index contributed by atoms with van der Waals surface area (Å²) in [5.41, 5.74) is 2.38. The maximum Gasteiger partial charge on any atom is 0.108 e. The van der Waals surface area contributed by atoms with E-state index in [-0.39, 0.29) is 5.54 Å². The van der Waals surface area contributed by atoms with Crippen LogP contribution in [0.15, 0.2) is 35.5 Å². The standard InChI is InChI=1S/C14H17N3O/c1-14(2,3)15-9-12-5-4-10-8-11(17-18)6-7-13(10)16-12/h4-8,15H,9H2,1-3H3. The Balaban J connectivity index is 2.25. The normalized spacial score (nSPS) is 11.7. The predicted octanol–water partition coefficient (Wildman–Crippen LogP) is 3.52. The van der Waals surface area contributed by atoms with Crippen molar-refractivity contribution in [2.45, 2.75) is 32.9 Å². The van der Waals surface area contributed by atoms with Crippen LogP contribution in [0.25, 0.3) is 10.9 Å². The average Bonchev–Trinajstić information content (AvgIpc) is 2.34. The van der Waals surface area contributed by atoms with Gasteiger partial charge in [0.2, 0.25) is 0 Å². The fourth-order valence-electron chi connectivity index (χ4n) is 1.67. The van der Waals surface area contributed by atoms with E-state index in [4.69, 9.17) is 0 Å². The lowest BCUT2D eigenvalue weighted by Gasteiger charge is -2.20. The molecule has 1 aromatic heterocycles. The van der Waals surface area contributed by atoms with Gasteiger partial charge in [-0.05, 0) is 50.2 Å². The maximum atomic E-state index is 10.4. The molecule has 1 aromatic carbocycles. The number of rotatable bonds is 3. The Morgan fingerprint density at radius 3 is 2.67 bits per heavy atom. The Morgan fingerprint density at radius 2 is 2.00 bits per heavy atom. The van der Waals surface area contributed by atoms with Crippen molar-refractivity contribution in [3.63, 3.8) is 0 Å². The van der Waals surface area contributed by atoms with Crippen molar-refractivity contribution in [1.82, 2.24) is 10.3 Å². The summed E-state index contributed by atoms with van der Waals surface area (Å²) >= 11 is 0. The SMILES string of the molecule is CC(C)(C)NCc1ccc2cc(N=O)ccc2n1. The summed E-state index contributed by atoms with van der Waals surface area (Å²) in [7, 11) is 0. The van der Waals surface area contributed by atoms with Crippen molar-refractivity contribution >= 4 is 16.6 Å². The van der Waals surface area contributed by atoms with E-state index in [0.717, 1.165) is 23.1 Å². The molecule has 0 radical (unpaired) electrons. The molecule has 0 atom stereocenters. The molecule has 0 aliphatic carbocycles. The molecular weight excluding hydrogens is 226 g/mol. The van der Waals surface area contributed by atoms with Crippen molar-refractivity contribution in [3.8, 4) is 0 Å². The number of aromatic nitrogens is 1. The number of pyridine rings is 1. The fourth-order valence-corrected chi connectivity index (χ4v) is 1.67. The van der Waals surface area contributed by atoms with Crippen LogP contribution < -0.4 is 5.32 Å². The topological polar surface area (TPSA) is 54.4 Å². The van der Waals surface area contributed by atoms with Gasteiger partial charge in [0, 0.05) is 17.5 Å². The molecule has 0 bridgehead atoms. The monoisotopic (exact) mass is 243 g/mol. The third-order valence-electron chi connectivity index (χ3n) is 2.64. The first-order valence-corrected chi connectivity index (χ1v) is 5.96. The lowest BCUT2D eigenvalue weighted by atomic mass is 10.1. The van der Waals surface area contributed by atoms with Gasteiger partial charge in [0.05, 0.1) is 11.2 Å². The second-order valence-corrected chi connectivity index (χ2v) is 5.37. The molecule has 2 aromatic rings. The van der Waals surface area contributed by atoms with Crippen molar-refractivity contribution < 1.29 is 0 Å². The maximum absolute atomic E-state index is 10.4. The summed E-state index contributed by atoms with van der Waals surface area (Å²) in [6.07, 6.45) is 0. The van der Waals surface area contributed by atoms with Crippen molar-refractivity contribution in [2.24, 2.45) is 5.18 Å². The number of nitroso groups, excluding NO2 is 1. The summed E-state index contributed by atoms with van der Waals surface area (Å²) in [6, 6.07) is 9.19. The number of fused-ring (bicyclic) bond motifs is 1. The van der Waals surface area contributed by atoms with Gasteiger partial charge in [-0.1, -0.05) is 6.07 Å². The van der Waals surface area contributed by atoms with Gasteiger partial charge in [0.15, 0.2) is 0 Å². The van der Waals surface area contributed by atoms with Crippen molar-refractivity contribution in [2.75, 3.05) is 0 Å². The molecule has 2 rings (SSSR count). The van der Waals surface area contributed by atoms with E-state index in [2.05, 4.69) is 36.2 Å². The number of nitrogens with one attached hydrogen (secondary N) is 1. The fraction of sp³-hybridized carbons (Fsp3) is 0.357. The Morgan fingerprint density at radius 1 is 1.22 bits per heavy atom. The van der Waals surface area contributed by atoms with E-state index < -0.39 is 0 Å². The molecule has 0 unspecified atom stereocenters. The predicted molar refractivity (Wildman–Crippen MR) is 73.8 cm³/mol. The van der Waals surface area contributed by atoms with E-state index in [1.165, 1.54) is 0 Å². The molecule has 0 saturated carbocycles. The molecule has 1 heterocycles. The summed E-state index contributed by atoms with van der Waals surface area (Å²) in [6.45, 7) is 7.09. The van der Waals surface area contributed by atoms with Gasteiger partial charge in [0.25, 0.3) is 0 Å². The smallest absolute Gasteiger partial charge is 0.108 e. The van der Waals surface area contributed by atoms with Crippen LogP contribution >= 0.6 is 0 Å². The highest BCUT2D eigenvalue weighted by molar-refractivity contribution is 5.81. The summed E-state index contributed by atoms with van der Waals surface area (Å²) < 4.78 is 0. The molecule has 1 N–H and O–H groups in total. The van der Waals surface area contributed by atoms with Gasteiger partial charge in [0.1, 0.15) is 5.69 Å². The second-order valence-electron chi connectivity index (χ2n) is 5.37. The first kappa shape index (κ1) is 12.6. The zero-order chi connectivity index (χ0) is 13.2. The van der Waals surface area contributed by atoms with E-state index in [0.29, 0.717) is 5.69 Å². The Kier molecular flexibility index (Phi) is 3.39. The van der Waals surface area contributed by atoms with Crippen LogP contribution in [-0.2, 0) is 6.54 Å². The Labute approximate surface area is 106 Å². The molecule has 4 nitrogen and oxygen atoms in total. The molecule has 0 spiro atoms. The van der Waals surface area contributed by atoms with Crippen LogP contribution in [0.5, 0.6) is 0 Å². The third kappa shape index (κ3) is 3.11. The third-order valence-corrected chi connectivity index (χ3v) is 2.64. The molecule has 18 heavy (non-hydrogen) atoms. The van der Waals surface area contributed by atoms with Crippen molar-refractivity contribution in [1.29, 1.82) is 0 Å². The van der Waals surface area contributed by atoms with Crippen LogP contribution in [0.2, 0.25) is 0 Å². The Hall–Kier alpha value is -1.81. The quantitative estimate of drug-likeness (QED) is 0.839. The largest absolute Gasteiger partial charge is 0.306 e. The van der Waals surface area contributed by atoms with E-state index >= 15 is 0 Å². The van der Waals surface area contributed by atoms with Gasteiger partial charge in [-0.2, -0.15) is 0 Å². The number of hydrogen-bond acceptors (Lipinski definition) is 4. The van der Waals surface area contributed by atoms with Crippen LogP contribution in [-0.4, -0.2) is 10.5 Å². The highest BCUT2D eigenvalue weighted by atomic mass is 16.3. The first-order valence-electron chi connectivity index (χ1n) is 5.96. The lowest BCUT2D eigenvalue weighted by molar-refractivity contribution is 0.421. The Bertz CT molecular complexity index is 573. The van der Waals surface area contributed by atoms with E-state index in [1.807, 2.05) is 18.2 Å². The molecule has 0 aliphatic rings. The minimum Gasteiger partial charge on any atom is -0.306 e. The van der Waals surface area contributed by atoms with Gasteiger partial charge in [-0.3, -0.25) is 4.98 Å². The molecule has 94 valence electrons. The number of hydrogen-bond donors (Lipinski definition) is 1. The minimum absolute atomic E-state index is 0.0714. The van der Waals surface area contributed by atoms with Crippen LogP contribution in [0, 0.1) is 4.91 Å².